The lowest BCUT2D eigenvalue weighted by atomic mass is 10.0. The molecule has 0 spiro atoms. The van der Waals surface area contributed by atoms with Crippen molar-refractivity contribution < 1.29 is 13.2 Å². The molecular formula is C19H20F3N5. The number of aromatic nitrogens is 3. The standard InChI is InChI=1S/C19H20F3N5/c1-11(2)25-17-12(3)7-13(8-15(17)20)14-5-6-27-16(14)9-23-18(26-27)24-10-19(4,21)22/h5-9H,10H2,1-4H3,(H,24,26). The van der Waals surface area contributed by atoms with Crippen LogP contribution in [0.15, 0.2) is 35.6 Å². The molecule has 0 atom stereocenters. The molecule has 0 saturated carbocycles. The van der Waals surface area contributed by atoms with Crippen molar-refractivity contribution in [2.24, 2.45) is 4.99 Å². The van der Waals surface area contributed by atoms with Gasteiger partial charge in [-0.25, -0.2) is 22.7 Å². The zero-order chi connectivity index (χ0) is 19.8. The van der Waals surface area contributed by atoms with Gasteiger partial charge in [0.2, 0.25) is 5.95 Å². The van der Waals surface area contributed by atoms with E-state index in [9.17, 15) is 13.2 Å². The molecule has 0 fully saturated rings. The highest BCUT2D eigenvalue weighted by Crippen LogP contribution is 2.32. The Labute approximate surface area is 155 Å². The number of halogens is 3. The van der Waals surface area contributed by atoms with Gasteiger partial charge in [-0.05, 0) is 50.1 Å². The van der Waals surface area contributed by atoms with Gasteiger partial charge in [0, 0.05) is 24.4 Å². The first-order chi connectivity index (χ1) is 12.6. The topological polar surface area (TPSA) is 54.6 Å². The number of hydrogen-bond acceptors (Lipinski definition) is 4. The highest BCUT2D eigenvalue weighted by atomic mass is 19.3. The van der Waals surface area contributed by atoms with Crippen LogP contribution in [0.4, 0.5) is 24.8 Å². The van der Waals surface area contributed by atoms with E-state index in [-0.39, 0.29) is 5.95 Å². The molecule has 0 saturated heterocycles. The molecule has 27 heavy (non-hydrogen) atoms. The van der Waals surface area contributed by atoms with Gasteiger partial charge < -0.3 is 5.32 Å². The number of aliphatic imine (C=N–C) groups is 1. The molecule has 142 valence electrons. The zero-order valence-electron chi connectivity index (χ0n) is 15.5. The van der Waals surface area contributed by atoms with Crippen molar-refractivity contribution in [1.29, 1.82) is 0 Å². The lowest BCUT2D eigenvalue weighted by molar-refractivity contribution is 0.0365. The van der Waals surface area contributed by atoms with Crippen molar-refractivity contribution in [2.45, 2.75) is 33.6 Å². The molecule has 0 amide bonds. The summed E-state index contributed by atoms with van der Waals surface area (Å²) >= 11 is 0. The van der Waals surface area contributed by atoms with E-state index >= 15 is 0 Å². The van der Waals surface area contributed by atoms with Crippen LogP contribution in [0.5, 0.6) is 0 Å². The molecular weight excluding hydrogens is 355 g/mol. The first-order valence-electron chi connectivity index (χ1n) is 8.42. The van der Waals surface area contributed by atoms with Crippen molar-refractivity contribution in [3.63, 3.8) is 0 Å². The first kappa shape index (κ1) is 18.9. The fourth-order valence-corrected chi connectivity index (χ4v) is 2.72. The van der Waals surface area contributed by atoms with Gasteiger partial charge in [-0.3, -0.25) is 4.99 Å². The summed E-state index contributed by atoms with van der Waals surface area (Å²) in [5.41, 5.74) is 3.87. The molecule has 2 heterocycles. The molecule has 0 radical (unpaired) electrons. The molecule has 0 aliphatic rings. The van der Waals surface area contributed by atoms with E-state index in [0.29, 0.717) is 16.8 Å². The second-order valence-corrected chi connectivity index (χ2v) is 6.75. The number of nitrogens with one attached hydrogen (secondary N) is 1. The van der Waals surface area contributed by atoms with Crippen LogP contribution >= 0.6 is 0 Å². The molecule has 1 aromatic carbocycles. The Morgan fingerprint density at radius 2 is 2.04 bits per heavy atom. The summed E-state index contributed by atoms with van der Waals surface area (Å²) in [6, 6.07) is 5.06. The predicted octanol–water partition coefficient (Wildman–Crippen LogP) is 5.02. The molecule has 5 nitrogen and oxygen atoms in total. The molecule has 0 aliphatic heterocycles. The maximum Gasteiger partial charge on any atom is 0.262 e. The minimum Gasteiger partial charge on any atom is -0.347 e. The minimum atomic E-state index is -2.86. The van der Waals surface area contributed by atoms with Crippen LogP contribution < -0.4 is 5.32 Å². The number of aryl methyl sites for hydroxylation is 1. The average molecular weight is 375 g/mol. The van der Waals surface area contributed by atoms with E-state index in [4.69, 9.17) is 0 Å². The summed E-state index contributed by atoms with van der Waals surface area (Å²) in [6.07, 6.45) is 3.20. The largest absolute Gasteiger partial charge is 0.347 e. The molecule has 8 heteroatoms. The number of fused-ring (bicyclic) bond motifs is 1. The second-order valence-electron chi connectivity index (χ2n) is 6.75. The van der Waals surface area contributed by atoms with E-state index in [1.165, 1.54) is 16.8 Å². The van der Waals surface area contributed by atoms with Crippen LogP contribution in [0, 0.1) is 12.7 Å². The number of alkyl halides is 2. The SMILES string of the molecule is CC(C)=Nc1c(C)cc(-c2ccn3nc(NCC(C)(F)F)ncc23)cc1F. The Kier molecular flexibility index (Phi) is 4.91. The Bertz CT molecular complexity index is 991. The van der Waals surface area contributed by atoms with Crippen molar-refractivity contribution in [2.75, 3.05) is 11.9 Å². The number of rotatable bonds is 5. The monoisotopic (exact) mass is 375 g/mol. The predicted molar refractivity (Wildman–Crippen MR) is 101 cm³/mol. The molecule has 2 aromatic heterocycles. The first-order valence-corrected chi connectivity index (χ1v) is 8.42. The van der Waals surface area contributed by atoms with E-state index < -0.39 is 18.3 Å². The van der Waals surface area contributed by atoms with Gasteiger partial charge in [-0.15, -0.1) is 5.10 Å². The third kappa shape index (κ3) is 4.27. The highest BCUT2D eigenvalue weighted by molar-refractivity contribution is 5.85. The van der Waals surface area contributed by atoms with E-state index in [1.807, 2.05) is 19.9 Å². The third-order valence-corrected chi connectivity index (χ3v) is 3.87. The number of hydrogen-bond donors (Lipinski definition) is 1. The van der Waals surface area contributed by atoms with Crippen LogP contribution in [0.2, 0.25) is 0 Å². The number of nitrogens with zero attached hydrogens (tertiary/aromatic N) is 4. The van der Waals surface area contributed by atoms with Gasteiger partial charge in [0.1, 0.15) is 11.5 Å². The number of benzene rings is 1. The Balaban J connectivity index is 1.97. The van der Waals surface area contributed by atoms with E-state index in [2.05, 4.69) is 20.4 Å². The van der Waals surface area contributed by atoms with Gasteiger partial charge in [0.15, 0.2) is 0 Å². The fourth-order valence-electron chi connectivity index (χ4n) is 2.72. The molecule has 3 rings (SSSR count). The molecule has 0 bridgehead atoms. The molecule has 1 N–H and O–H groups in total. The quantitative estimate of drug-likeness (QED) is 0.637. The maximum absolute atomic E-state index is 14.5. The van der Waals surface area contributed by atoms with Crippen LogP contribution in [-0.2, 0) is 0 Å². The van der Waals surface area contributed by atoms with Gasteiger partial charge >= 0.3 is 0 Å². The van der Waals surface area contributed by atoms with Crippen molar-refractivity contribution >= 4 is 22.9 Å². The summed E-state index contributed by atoms with van der Waals surface area (Å²) in [7, 11) is 0. The summed E-state index contributed by atoms with van der Waals surface area (Å²) in [5.74, 6) is -3.18. The van der Waals surface area contributed by atoms with Gasteiger partial charge in [-0.1, -0.05) is 0 Å². The van der Waals surface area contributed by atoms with Gasteiger partial charge in [0.05, 0.1) is 18.3 Å². The summed E-state index contributed by atoms with van der Waals surface area (Å²) in [5, 5.41) is 6.67. The fraction of sp³-hybridized carbons (Fsp3) is 0.316. The van der Waals surface area contributed by atoms with Crippen molar-refractivity contribution in [3.8, 4) is 11.1 Å². The Morgan fingerprint density at radius 1 is 1.30 bits per heavy atom. The van der Waals surface area contributed by atoms with Gasteiger partial charge in [0.25, 0.3) is 5.92 Å². The molecule has 3 aromatic rings. The van der Waals surface area contributed by atoms with Crippen molar-refractivity contribution in [3.05, 3.63) is 42.0 Å². The summed E-state index contributed by atoms with van der Waals surface area (Å²) in [6.45, 7) is 5.68. The third-order valence-electron chi connectivity index (χ3n) is 3.87. The lowest BCUT2D eigenvalue weighted by Gasteiger charge is -2.11. The van der Waals surface area contributed by atoms with Crippen LogP contribution in [0.3, 0.4) is 0 Å². The maximum atomic E-state index is 14.5. The molecule has 0 unspecified atom stereocenters. The minimum absolute atomic E-state index is 0.0941. The van der Waals surface area contributed by atoms with Crippen molar-refractivity contribution in [1.82, 2.24) is 14.6 Å². The van der Waals surface area contributed by atoms with Crippen LogP contribution in [0.1, 0.15) is 26.3 Å². The highest BCUT2D eigenvalue weighted by Gasteiger charge is 2.21. The number of anilines is 1. The zero-order valence-corrected chi connectivity index (χ0v) is 15.5. The van der Waals surface area contributed by atoms with E-state index in [0.717, 1.165) is 23.8 Å². The smallest absolute Gasteiger partial charge is 0.262 e. The Morgan fingerprint density at radius 3 is 2.67 bits per heavy atom. The summed E-state index contributed by atoms with van der Waals surface area (Å²) in [4.78, 5) is 8.32. The molecule has 0 aliphatic carbocycles. The van der Waals surface area contributed by atoms with Crippen LogP contribution in [-0.4, -0.2) is 32.8 Å². The van der Waals surface area contributed by atoms with Gasteiger partial charge in [-0.2, -0.15) is 0 Å². The van der Waals surface area contributed by atoms with Crippen LogP contribution in [0.25, 0.3) is 16.6 Å². The summed E-state index contributed by atoms with van der Waals surface area (Å²) < 4.78 is 42.0. The normalized spacial score (nSPS) is 11.7. The average Bonchev–Trinajstić information content (AvgIpc) is 2.98. The second kappa shape index (κ2) is 7.02. The lowest BCUT2D eigenvalue weighted by Crippen LogP contribution is -2.24. The Hall–Kier alpha value is -2.90. The van der Waals surface area contributed by atoms with E-state index in [1.54, 1.807) is 19.2 Å².